The normalized spacial score (nSPS) is 10.5. The Morgan fingerprint density at radius 2 is 1.75 bits per heavy atom. The monoisotopic (exact) mass is 436 g/mol. The van der Waals surface area contributed by atoms with Gasteiger partial charge in [-0.25, -0.2) is 0 Å². The highest BCUT2D eigenvalue weighted by Gasteiger charge is 2.14. The van der Waals surface area contributed by atoms with Crippen molar-refractivity contribution in [2.75, 3.05) is 24.2 Å². The van der Waals surface area contributed by atoms with Crippen molar-refractivity contribution in [2.24, 2.45) is 0 Å². The summed E-state index contributed by atoms with van der Waals surface area (Å²) in [7, 11) is 1.75. The molecular weight excluding hydrogens is 412 g/mol. The fourth-order valence-corrected chi connectivity index (χ4v) is 3.22. The Kier molecular flexibility index (Phi) is 7.22. The van der Waals surface area contributed by atoms with Crippen LogP contribution in [-0.4, -0.2) is 41.5 Å². The van der Waals surface area contributed by atoms with Gasteiger partial charge in [-0.05, 0) is 49.2 Å². The molecule has 0 bridgehead atoms. The zero-order valence-electron chi connectivity index (χ0n) is 17.5. The van der Waals surface area contributed by atoms with Crippen molar-refractivity contribution >= 4 is 40.1 Å². The minimum absolute atomic E-state index is 0.0195. The highest BCUT2D eigenvalue weighted by Crippen LogP contribution is 2.20. The average molecular weight is 436 g/mol. The number of anilines is 2. The average Bonchev–Trinajstić information content (AvgIpc) is 2.78. The summed E-state index contributed by atoms with van der Waals surface area (Å²) >= 11 is 0. The van der Waals surface area contributed by atoms with Crippen LogP contribution in [0.4, 0.5) is 11.4 Å². The van der Waals surface area contributed by atoms with Crippen LogP contribution in [0.25, 0.3) is 10.9 Å². The van der Waals surface area contributed by atoms with E-state index in [-0.39, 0.29) is 17.9 Å². The summed E-state index contributed by atoms with van der Waals surface area (Å²) < 4.78 is 0. The van der Waals surface area contributed by atoms with Gasteiger partial charge in [-0.2, -0.15) is 0 Å². The molecule has 0 saturated carbocycles. The molecule has 0 radical (unpaired) electrons. The molecule has 0 saturated heterocycles. The largest absolute Gasteiger partial charge is 0.481 e. The van der Waals surface area contributed by atoms with Crippen LogP contribution in [0.15, 0.2) is 53.3 Å². The Morgan fingerprint density at radius 3 is 2.44 bits per heavy atom. The number of carbonyl (C=O) groups excluding carboxylic acids is 2. The molecule has 0 spiro atoms. The summed E-state index contributed by atoms with van der Waals surface area (Å²) in [6, 6.07) is 13.3. The molecule has 166 valence electrons. The predicted octanol–water partition coefficient (Wildman–Crippen LogP) is 2.81. The van der Waals surface area contributed by atoms with Gasteiger partial charge in [-0.15, -0.1) is 0 Å². The highest BCUT2D eigenvalue weighted by molar-refractivity contribution is 6.06. The smallest absolute Gasteiger partial charge is 0.303 e. The third-order valence-electron chi connectivity index (χ3n) is 4.90. The van der Waals surface area contributed by atoms with Crippen molar-refractivity contribution in [1.82, 2.24) is 10.3 Å². The van der Waals surface area contributed by atoms with Gasteiger partial charge in [0.15, 0.2) is 0 Å². The number of hydrogen-bond donors (Lipinski definition) is 5. The van der Waals surface area contributed by atoms with Gasteiger partial charge in [0.25, 0.3) is 17.4 Å². The highest BCUT2D eigenvalue weighted by atomic mass is 16.4. The first-order valence-corrected chi connectivity index (χ1v) is 10.1. The van der Waals surface area contributed by atoms with Crippen LogP contribution in [0.1, 0.15) is 40.0 Å². The van der Waals surface area contributed by atoms with Gasteiger partial charge in [0.05, 0.1) is 11.2 Å². The Labute approximate surface area is 183 Å². The molecule has 3 aromatic rings. The van der Waals surface area contributed by atoms with Crippen LogP contribution in [0, 0.1) is 0 Å². The summed E-state index contributed by atoms with van der Waals surface area (Å²) in [6.07, 6.45) is 1.13. The SMILES string of the molecule is CNc1cccc2cc(C(=O)Nc3ccc(C(=O)NCCCCC(=O)O)cc3)c(=O)[nH]c12. The first kappa shape index (κ1) is 22.5. The molecule has 9 heteroatoms. The van der Waals surface area contributed by atoms with Crippen molar-refractivity contribution in [1.29, 1.82) is 0 Å². The molecule has 0 fully saturated rings. The zero-order valence-corrected chi connectivity index (χ0v) is 17.5. The van der Waals surface area contributed by atoms with Gasteiger partial charge in [0, 0.05) is 36.7 Å². The van der Waals surface area contributed by atoms with Crippen molar-refractivity contribution in [3.8, 4) is 0 Å². The minimum atomic E-state index is -0.859. The molecule has 9 nitrogen and oxygen atoms in total. The second-order valence-electron chi connectivity index (χ2n) is 7.17. The van der Waals surface area contributed by atoms with Crippen molar-refractivity contribution < 1.29 is 19.5 Å². The molecule has 0 unspecified atom stereocenters. The van der Waals surface area contributed by atoms with E-state index in [2.05, 4.69) is 20.9 Å². The third-order valence-corrected chi connectivity index (χ3v) is 4.90. The van der Waals surface area contributed by atoms with E-state index in [1.54, 1.807) is 37.4 Å². The summed E-state index contributed by atoms with van der Waals surface area (Å²) in [5.74, 6) is -1.70. The second kappa shape index (κ2) is 10.3. The van der Waals surface area contributed by atoms with Crippen molar-refractivity contribution in [3.63, 3.8) is 0 Å². The molecule has 5 N–H and O–H groups in total. The van der Waals surface area contributed by atoms with Gasteiger partial charge in [0.1, 0.15) is 5.56 Å². The number of carboxylic acids is 1. The lowest BCUT2D eigenvalue weighted by Crippen LogP contribution is -2.25. The van der Waals surface area contributed by atoms with Gasteiger partial charge in [0.2, 0.25) is 0 Å². The second-order valence-corrected chi connectivity index (χ2v) is 7.17. The lowest BCUT2D eigenvalue weighted by Gasteiger charge is -2.09. The number of nitrogens with one attached hydrogen (secondary N) is 4. The fraction of sp³-hybridized carbons (Fsp3) is 0.217. The number of pyridine rings is 1. The molecule has 0 aliphatic heterocycles. The van der Waals surface area contributed by atoms with Gasteiger partial charge >= 0.3 is 5.97 Å². The van der Waals surface area contributed by atoms with Crippen molar-refractivity contribution in [2.45, 2.75) is 19.3 Å². The molecule has 2 aromatic carbocycles. The standard InChI is InChI=1S/C23H24N4O5/c1-24-18-6-4-5-15-13-17(23(32)27-20(15)18)22(31)26-16-10-8-14(9-11-16)21(30)25-12-3-2-7-19(28)29/h4-6,8-11,13,24H,2-3,7,12H2,1H3,(H,25,30)(H,26,31)(H,27,32)(H,28,29). The number of hydrogen-bond acceptors (Lipinski definition) is 5. The molecule has 1 heterocycles. The molecule has 3 rings (SSSR count). The number of aromatic amines is 1. The number of aromatic nitrogens is 1. The maximum atomic E-state index is 12.6. The number of aliphatic carboxylic acids is 1. The van der Waals surface area contributed by atoms with E-state index in [1.807, 2.05) is 12.1 Å². The number of benzene rings is 2. The lowest BCUT2D eigenvalue weighted by molar-refractivity contribution is -0.137. The third kappa shape index (κ3) is 5.51. The molecule has 32 heavy (non-hydrogen) atoms. The number of fused-ring (bicyclic) bond motifs is 1. The van der Waals surface area contributed by atoms with E-state index in [9.17, 15) is 19.2 Å². The predicted molar refractivity (Wildman–Crippen MR) is 122 cm³/mol. The van der Waals surface area contributed by atoms with E-state index in [1.165, 1.54) is 6.07 Å². The van der Waals surface area contributed by atoms with Gasteiger partial charge in [-0.3, -0.25) is 19.2 Å². The molecule has 0 aliphatic carbocycles. The maximum absolute atomic E-state index is 12.6. The lowest BCUT2D eigenvalue weighted by atomic mass is 10.1. The molecule has 0 atom stereocenters. The summed E-state index contributed by atoms with van der Waals surface area (Å²) in [6.45, 7) is 0.380. The number of amides is 2. The van der Waals surface area contributed by atoms with Gasteiger partial charge < -0.3 is 26.0 Å². The topological polar surface area (TPSA) is 140 Å². The number of carbonyl (C=O) groups is 3. The van der Waals surface area contributed by atoms with E-state index in [4.69, 9.17) is 5.11 Å². The number of para-hydroxylation sites is 1. The molecule has 0 aliphatic rings. The fourth-order valence-electron chi connectivity index (χ4n) is 3.22. The Balaban J connectivity index is 1.63. The summed E-state index contributed by atoms with van der Waals surface area (Å²) in [5, 5.41) is 17.7. The summed E-state index contributed by atoms with van der Waals surface area (Å²) in [4.78, 5) is 50.4. The quantitative estimate of drug-likeness (QED) is 0.327. The van der Waals surface area contributed by atoms with Crippen LogP contribution in [0.5, 0.6) is 0 Å². The Morgan fingerprint density at radius 1 is 1.00 bits per heavy atom. The number of rotatable bonds is 9. The van der Waals surface area contributed by atoms with E-state index in [0.717, 1.165) is 11.1 Å². The van der Waals surface area contributed by atoms with Crippen LogP contribution in [0.2, 0.25) is 0 Å². The Bertz CT molecular complexity index is 1200. The molecular formula is C23H24N4O5. The van der Waals surface area contributed by atoms with Crippen LogP contribution >= 0.6 is 0 Å². The van der Waals surface area contributed by atoms with Crippen LogP contribution < -0.4 is 21.5 Å². The first-order chi connectivity index (χ1) is 15.4. The number of H-pyrrole nitrogens is 1. The first-order valence-electron chi connectivity index (χ1n) is 10.1. The van der Waals surface area contributed by atoms with E-state index < -0.39 is 17.4 Å². The zero-order chi connectivity index (χ0) is 23.1. The summed E-state index contributed by atoms with van der Waals surface area (Å²) in [5.41, 5.74) is 1.70. The molecule has 2 amide bonds. The number of carboxylic acid groups (broad SMARTS) is 1. The van der Waals surface area contributed by atoms with Crippen molar-refractivity contribution in [3.05, 3.63) is 70.0 Å². The minimum Gasteiger partial charge on any atom is -0.481 e. The Hall–Kier alpha value is -4.14. The maximum Gasteiger partial charge on any atom is 0.303 e. The van der Waals surface area contributed by atoms with Gasteiger partial charge in [-0.1, -0.05) is 12.1 Å². The van der Waals surface area contributed by atoms with Crippen LogP contribution in [-0.2, 0) is 4.79 Å². The van der Waals surface area contributed by atoms with Crippen LogP contribution in [0.3, 0.4) is 0 Å². The van der Waals surface area contributed by atoms with E-state index >= 15 is 0 Å². The van der Waals surface area contributed by atoms with E-state index in [0.29, 0.717) is 36.2 Å². The molecule has 1 aromatic heterocycles. The number of unbranched alkanes of at least 4 members (excludes halogenated alkanes) is 1.